The van der Waals surface area contributed by atoms with Gasteiger partial charge in [-0.05, 0) is 50.6 Å². The second-order valence-corrected chi connectivity index (χ2v) is 6.90. The van der Waals surface area contributed by atoms with Crippen LogP contribution in [0.3, 0.4) is 0 Å². The standard InChI is InChI=1S/C21H22N6O2/c1-4-26-17-11-10-13(2)12-16(17)23-21(26)24-19(28)18-22-14(3)20(29)27(25-18)15-8-6-5-7-9-15/h5-12,14H,4H2,1-3H3,(H,22,25)(H,23,24,28). The number of hydrogen-bond donors (Lipinski definition) is 2. The Balaban J connectivity index is 1.62. The zero-order chi connectivity index (χ0) is 20.5. The molecule has 0 spiro atoms. The van der Waals surface area contributed by atoms with Crippen molar-refractivity contribution in [1.82, 2.24) is 15.0 Å². The van der Waals surface area contributed by atoms with Crippen molar-refractivity contribution < 1.29 is 9.59 Å². The largest absolute Gasteiger partial charge is 0.310 e. The predicted molar refractivity (Wildman–Crippen MR) is 113 cm³/mol. The van der Waals surface area contributed by atoms with E-state index in [1.54, 1.807) is 19.1 Å². The first-order valence-corrected chi connectivity index (χ1v) is 9.49. The molecule has 0 aliphatic carbocycles. The number of amidine groups is 1. The maximum Gasteiger partial charge on any atom is 0.294 e. The number of carbonyl (C=O) groups is 2. The SMILES string of the molecule is CCn1c(NC(=O)C2=NC(C)C(=O)N(c3ccccc3)N2)nc2cc(C)ccc21. The highest BCUT2D eigenvalue weighted by Crippen LogP contribution is 2.21. The van der Waals surface area contributed by atoms with Gasteiger partial charge in [-0.1, -0.05) is 24.3 Å². The molecule has 8 nitrogen and oxygen atoms in total. The molecule has 1 aliphatic heterocycles. The fourth-order valence-electron chi connectivity index (χ4n) is 3.32. The summed E-state index contributed by atoms with van der Waals surface area (Å²) >= 11 is 0. The fraction of sp³-hybridized carbons (Fsp3) is 0.238. The lowest BCUT2D eigenvalue weighted by molar-refractivity contribution is -0.120. The van der Waals surface area contributed by atoms with Gasteiger partial charge in [-0.15, -0.1) is 0 Å². The van der Waals surface area contributed by atoms with Gasteiger partial charge in [0.15, 0.2) is 0 Å². The summed E-state index contributed by atoms with van der Waals surface area (Å²) in [5.41, 5.74) is 6.33. The lowest BCUT2D eigenvalue weighted by Crippen LogP contribution is -2.57. The Morgan fingerprint density at radius 3 is 2.69 bits per heavy atom. The minimum Gasteiger partial charge on any atom is -0.310 e. The predicted octanol–water partition coefficient (Wildman–Crippen LogP) is 2.64. The van der Waals surface area contributed by atoms with E-state index in [1.807, 2.05) is 54.8 Å². The monoisotopic (exact) mass is 390 g/mol. The number of carbonyl (C=O) groups excluding carboxylic acids is 2. The molecule has 2 aromatic carbocycles. The van der Waals surface area contributed by atoms with Crippen LogP contribution in [0.15, 0.2) is 53.5 Å². The quantitative estimate of drug-likeness (QED) is 0.716. The molecule has 0 fully saturated rings. The molecule has 2 N–H and O–H groups in total. The van der Waals surface area contributed by atoms with Gasteiger partial charge < -0.3 is 4.57 Å². The molecule has 0 saturated heterocycles. The van der Waals surface area contributed by atoms with Crippen molar-refractivity contribution in [2.45, 2.75) is 33.4 Å². The van der Waals surface area contributed by atoms with E-state index in [1.165, 1.54) is 5.01 Å². The Hall–Kier alpha value is -3.68. The first-order chi connectivity index (χ1) is 14.0. The molecule has 2 amide bonds. The molecule has 0 saturated carbocycles. The van der Waals surface area contributed by atoms with Gasteiger partial charge in [0.1, 0.15) is 6.04 Å². The highest BCUT2D eigenvalue weighted by molar-refractivity contribution is 6.43. The first-order valence-electron chi connectivity index (χ1n) is 9.49. The van der Waals surface area contributed by atoms with E-state index >= 15 is 0 Å². The summed E-state index contributed by atoms with van der Waals surface area (Å²) < 4.78 is 1.93. The molecule has 29 heavy (non-hydrogen) atoms. The number of anilines is 2. The first kappa shape index (κ1) is 18.7. The zero-order valence-electron chi connectivity index (χ0n) is 16.5. The third-order valence-corrected chi connectivity index (χ3v) is 4.79. The molecule has 1 unspecified atom stereocenters. The molecule has 8 heteroatoms. The number of aromatic nitrogens is 2. The highest BCUT2D eigenvalue weighted by atomic mass is 16.2. The lowest BCUT2D eigenvalue weighted by Gasteiger charge is -2.30. The van der Waals surface area contributed by atoms with Crippen molar-refractivity contribution in [3.05, 3.63) is 54.1 Å². The molecule has 2 heterocycles. The van der Waals surface area contributed by atoms with Crippen LogP contribution in [0.5, 0.6) is 0 Å². The van der Waals surface area contributed by atoms with E-state index in [4.69, 9.17) is 0 Å². The van der Waals surface area contributed by atoms with Crippen LogP contribution in [-0.4, -0.2) is 33.2 Å². The number of fused-ring (bicyclic) bond motifs is 1. The molecule has 0 radical (unpaired) electrons. The van der Waals surface area contributed by atoms with Crippen LogP contribution in [0.25, 0.3) is 11.0 Å². The maximum absolute atomic E-state index is 12.9. The maximum atomic E-state index is 12.9. The number of imidazole rings is 1. The second kappa shape index (κ2) is 7.38. The summed E-state index contributed by atoms with van der Waals surface area (Å²) in [4.78, 5) is 34.2. The summed E-state index contributed by atoms with van der Waals surface area (Å²) in [6.45, 7) is 6.31. The number of hydrazine groups is 1. The lowest BCUT2D eigenvalue weighted by atomic mass is 10.2. The zero-order valence-corrected chi connectivity index (χ0v) is 16.5. The molecular weight excluding hydrogens is 368 g/mol. The van der Waals surface area contributed by atoms with Crippen molar-refractivity contribution in [2.24, 2.45) is 4.99 Å². The van der Waals surface area contributed by atoms with Crippen LogP contribution in [0.2, 0.25) is 0 Å². The molecule has 1 aliphatic rings. The van der Waals surface area contributed by atoms with Crippen LogP contribution in [0.1, 0.15) is 19.4 Å². The van der Waals surface area contributed by atoms with Gasteiger partial charge in [0.2, 0.25) is 11.8 Å². The Morgan fingerprint density at radius 1 is 1.21 bits per heavy atom. The van der Waals surface area contributed by atoms with Gasteiger partial charge in [-0.25, -0.2) is 15.0 Å². The van der Waals surface area contributed by atoms with Gasteiger partial charge >= 0.3 is 0 Å². The Labute approximate surface area is 168 Å². The molecular formula is C21H22N6O2. The number of hydrogen-bond acceptors (Lipinski definition) is 5. The molecule has 1 aromatic heterocycles. The number of amides is 2. The number of nitrogens with zero attached hydrogens (tertiary/aromatic N) is 4. The van der Waals surface area contributed by atoms with Crippen LogP contribution >= 0.6 is 0 Å². The number of nitrogens with one attached hydrogen (secondary N) is 2. The van der Waals surface area contributed by atoms with Crippen LogP contribution in [-0.2, 0) is 16.1 Å². The molecule has 1 atom stereocenters. The summed E-state index contributed by atoms with van der Waals surface area (Å²) in [5, 5.41) is 4.18. The molecule has 0 bridgehead atoms. The highest BCUT2D eigenvalue weighted by Gasteiger charge is 2.31. The van der Waals surface area contributed by atoms with Gasteiger partial charge in [0.25, 0.3) is 11.8 Å². The number of aryl methyl sites for hydroxylation is 2. The van der Waals surface area contributed by atoms with E-state index in [9.17, 15) is 9.59 Å². The minimum absolute atomic E-state index is 0.0619. The van der Waals surface area contributed by atoms with Crippen LogP contribution in [0.4, 0.5) is 11.6 Å². The Kier molecular flexibility index (Phi) is 4.75. The average molecular weight is 390 g/mol. The number of aliphatic imine (C=N–C) groups is 1. The van der Waals surface area contributed by atoms with E-state index in [2.05, 4.69) is 20.7 Å². The minimum atomic E-state index is -0.676. The van der Waals surface area contributed by atoms with Crippen molar-refractivity contribution >= 4 is 40.3 Å². The molecule has 148 valence electrons. The number of benzene rings is 2. The van der Waals surface area contributed by atoms with Gasteiger partial charge in [0, 0.05) is 6.54 Å². The van der Waals surface area contributed by atoms with E-state index < -0.39 is 11.9 Å². The number of rotatable bonds is 4. The smallest absolute Gasteiger partial charge is 0.294 e. The normalized spacial score (nSPS) is 16.5. The van der Waals surface area contributed by atoms with E-state index in [0.717, 1.165) is 16.6 Å². The van der Waals surface area contributed by atoms with Gasteiger partial charge in [-0.2, -0.15) is 0 Å². The van der Waals surface area contributed by atoms with E-state index in [0.29, 0.717) is 18.2 Å². The fourth-order valence-corrected chi connectivity index (χ4v) is 3.32. The van der Waals surface area contributed by atoms with Gasteiger partial charge in [-0.3, -0.25) is 20.3 Å². The topological polar surface area (TPSA) is 91.6 Å². The van der Waals surface area contributed by atoms with Crippen molar-refractivity contribution in [1.29, 1.82) is 0 Å². The third-order valence-electron chi connectivity index (χ3n) is 4.79. The van der Waals surface area contributed by atoms with Gasteiger partial charge in [0.05, 0.1) is 16.7 Å². The van der Waals surface area contributed by atoms with Crippen LogP contribution in [0, 0.1) is 6.92 Å². The second-order valence-electron chi connectivity index (χ2n) is 6.90. The van der Waals surface area contributed by atoms with E-state index in [-0.39, 0.29) is 11.7 Å². The summed E-state index contributed by atoms with van der Waals surface area (Å²) in [6.07, 6.45) is 0. The van der Waals surface area contributed by atoms with Crippen molar-refractivity contribution in [3.8, 4) is 0 Å². The molecule has 4 rings (SSSR count). The van der Waals surface area contributed by atoms with Crippen molar-refractivity contribution in [2.75, 3.05) is 10.3 Å². The summed E-state index contributed by atoms with van der Waals surface area (Å²) in [6, 6.07) is 14.4. The summed E-state index contributed by atoms with van der Waals surface area (Å²) in [7, 11) is 0. The Bertz CT molecular complexity index is 1120. The number of para-hydroxylation sites is 1. The average Bonchev–Trinajstić information content (AvgIpc) is 3.06. The van der Waals surface area contributed by atoms with Crippen LogP contribution < -0.4 is 15.8 Å². The third kappa shape index (κ3) is 3.44. The molecule has 3 aromatic rings. The summed E-state index contributed by atoms with van der Waals surface area (Å²) in [5.74, 6) is -0.179. The van der Waals surface area contributed by atoms with Crippen molar-refractivity contribution in [3.63, 3.8) is 0 Å². The Morgan fingerprint density at radius 2 is 1.97 bits per heavy atom.